The smallest absolute Gasteiger partial charge is 0.123 e. The second kappa shape index (κ2) is 5.37. The lowest BCUT2D eigenvalue weighted by Crippen LogP contribution is -2.53. The Morgan fingerprint density at radius 3 is 2.17 bits per heavy atom. The van der Waals surface area contributed by atoms with Gasteiger partial charge in [-0.25, -0.2) is 4.39 Å². The van der Waals surface area contributed by atoms with Crippen molar-refractivity contribution in [2.75, 3.05) is 14.1 Å². The Bertz CT molecular complexity index is 380. The third kappa shape index (κ3) is 2.43. The molecule has 100 valence electrons. The molecule has 0 radical (unpaired) electrons. The van der Waals surface area contributed by atoms with Gasteiger partial charge in [0.25, 0.3) is 0 Å². The van der Waals surface area contributed by atoms with Crippen molar-refractivity contribution in [2.45, 2.75) is 43.7 Å². The van der Waals surface area contributed by atoms with Crippen LogP contribution in [0.15, 0.2) is 24.3 Å². The molecule has 1 aliphatic carbocycles. The van der Waals surface area contributed by atoms with Crippen LogP contribution >= 0.6 is 0 Å². The van der Waals surface area contributed by atoms with Crippen LogP contribution in [0.4, 0.5) is 4.39 Å². The third-order valence-electron chi connectivity index (χ3n) is 4.42. The molecule has 0 spiro atoms. The van der Waals surface area contributed by atoms with E-state index in [1.54, 1.807) is 0 Å². The maximum absolute atomic E-state index is 13.0. The van der Waals surface area contributed by atoms with E-state index in [9.17, 15) is 4.39 Å². The van der Waals surface area contributed by atoms with Gasteiger partial charge in [-0.2, -0.15) is 0 Å². The largest absolute Gasteiger partial charge is 0.322 e. The first kappa shape index (κ1) is 13.5. The topological polar surface area (TPSA) is 29.3 Å². The van der Waals surface area contributed by atoms with Gasteiger partial charge in [-0.15, -0.1) is 0 Å². The number of nitrogens with two attached hydrogens (primary N) is 1. The summed E-state index contributed by atoms with van der Waals surface area (Å²) in [5, 5.41) is 0. The quantitative estimate of drug-likeness (QED) is 0.893. The minimum atomic E-state index is -0.200. The van der Waals surface area contributed by atoms with Gasteiger partial charge in [-0.05, 0) is 44.6 Å². The number of hydrogen-bond donors (Lipinski definition) is 1. The zero-order valence-electron chi connectivity index (χ0n) is 11.3. The molecule has 1 fully saturated rings. The van der Waals surface area contributed by atoms with E-state index in [0.29, 0.717) is 0 Å². The van der Waals surface area contributed by atoms with Crippen molar-refractivity contribution in [3.8, 4) is 0 Å². The predicted octanol–water partition coefficient (Wildman–Crippen LogP) is 3.09. The zero-order valence-corrected chi connectivity index (χ0v) is 11.3. The van der Waals surface area contributed by atoms with Crippen molar-refractivity contribution in [3.63, 3.8) is 0 Å². The molecule has 0 saturated heterocycles. The van der Waals surface area contributed by atoms with E-state index >= 15 is 0 Å². The van der Waals surface area contributed by atoms with Crippen LogP contribution in [-0.4, -0.2) is 24.5 Å². The van der Waals surface area contributed by atoms with Crippen LogP contribution in [0, 0.1) is 5.82 Å². The first-order valence-corrected chi connectivity index (χ1v) is 6.75. The number of rotatable bonds is 3. The highest BCUT2D eigenvalue weighted by Gasteiger charge is 2.40. The molecule has 0 aromatic heterocycles. The Kier molecular flexibility index (Phi) is 4.03. The van der Waals surface area contributed by atoms with E-state index < -0.39 is 0 Å². The lowest BCUT2D eigenvalue weighted by Gasteiger charge is -2.47. The third-order valence-corrected chi connectivity index (χ3v) is 4.42. The van der Waals surface area contributed by atoms with Gasteiger partial charge in [0.05, 0.1) is 0 Å². The summed E-state index contributed by atoms with van der Waals surface area (Å²) in [6.45, 7) is 0. The second-order valence-corrected chi connectivity index (χ2v) is 5.59. The molecule has 1 saturated carbocycles. The van der Waals surface area contributed by atoms with E-state index in [-0.39, 0.29) is 17.4 Å². The van der Waals surface area contributed by atoms with E-state index in [1.807, 2.05) is 12.1 Å². The second-order valence-electron chi connectivity index (χ2n) is 5.59. The molecule has 0 aliphatic heterocycles. The van der Waals surface area contributed by atoms with Crippen molar-refractivity contribution >= 4 is 0 Å². The molecule has 1 aliphatic rings. The zero-order chi connectivity index (χ0) is 13.2. The Morgan fingerprint density at radius 2 is 1.67 bits per heavy atom. The summed E-state index contributed by atoms with van der Waals surface area (Å²) in [7, 11) is 4.21. The van der Waals surface area contributed by atoms with Gasteiger partial charge in [0.15, 0.2) is 0 Å². The van der Waals surface area contributed by atoms with Crippen molar-refractivity contribution in [1.82, 2.24) is 4.90 Å². The maximum Gasteiger partial charge on any atom is 0.123 e. The van der Waals surface area contributed by atoms with Crippen LogP contribution in [0.3, 0.4) is 0 Å². The molecule has 18 heavy (non-hydrogen) atoms. The van der Waals surface area contributed by atoms with Gasteiger partial charge in [0.2, 0.25) is 0 Å². The molecule has 2 rings (SSSR count). The molecular weight excluding hydrogens is 227 g/mol. The van der Waals surface area contributed by atoms with Crippen molar-refractivity contribution in [3.05, 3.63) is 35.6 Å². The summed E-state index contributed by atoms with van der Waals surface area (Å²) < 4.78 is 13.0. The minimum absolute atomic E-state index is 0.0239. The molecule has 3 heteroatoms. The molecule has 0 bridgehead atoms. The number of nitrogens with zero attached hydrogens (tertiary/aromatic N) is 1. The van der Waals surface area contributed by atoms with Gasteiger partial charge in [-0.1, -0.05) is 31.4 Å². The Labute approximate surface area is 109 Å². The summed E-state index contributed by atoms with van der Waals surface area (Å²) in [5.41, 5.74) is 7.55. The summed E-state index contributed by atoms with van der Waals surface area (Å²) in [4.78, 5) is 2.26. The van der Waals surface area contributed by atoms with Crippen LogP contribution in [-0.2, 0) is 0 Å². The fourth-order valence-electron chi connectivity index (χ4n) is 3.18. The van der Waals surface area contributed by atoms with E-state index in [4.69, 9.17) is 5.73 Å². The summed E-state index contributed by atoms with van der Waals surface area (Å²) in [5.74, 6) is -0.200. The minimum Gasteiger partial charge on any atom is -0.322 e. The highest BCUT2D eigenvalue weighted by Crippen LogP contribution is 2.40. The van der Waals surface area contributed by atoms with Crippen molar-refractivity contribution in [2.24, 2.45) is 5.73 Å². The van der Waals surface area contributed by atoms with E-state index in [0.717, 1.165) is 18.4 Å². The number of benzene rings is 1. The molecule has 1 atom stereocenters. The predicted molar refractivity (Wildman–Crippen MR) is 72.8 cm³/mol. The van der Waals surface area contributed by atoms with Gasteiger partial charge in [0.1, 0.15) is 5.82 Å². The maximum atomic E-state index is 13.0. The molecule has 1 aromatic carbocycles. The van der Waals surface area contributed by atoms with Crippen LogP contribution in [0.25, 0.3) is 0 Å². The average molecular weight is 250 g/mol. The Balaban J connectivity index is 2.27. The fourth-order valence-corrected chi connectivity index (χ4v) is 3.18. The van der Waals surface area contributed by atoms with Crippen LogP contribution in [0.2, 0.25) is 0 Å². The van der Waals surface area contributed by atoms with Crippen molar-refractivity contribution < 1.29 is 4.39 Å². The SMILES string of the molecule is CN(C)C1(C(N)c2ccc(F)cc2)CCCCC1. The summed E-state index contributed by atoms with van der Waals surface area (Å²) in [6, 6.07) is 6.59. The standard InChI is InChI=1S/C15H23FN2/c1-18(2)15(10-4-3-5-11-15)14(17)12-6-8-13(16)9-7-12/h6-9,14H,3-5,10-11,17H2,1-2H3. The Morgan fingerprint density at radius 1 is 1.11 bits per heavy atom. The van der Waals surface area contributed by atoms with E-state index in [1.165, 1.54) is 31.4 Å². The van der Waals surface area contributed by atoms with Gasteiger partial charge < -0.3 is 10.6 Å². The van der Waals surface area contributed by atoms with Crippen LogP contribution < -0.4 is 5.73 Å². The number of hydrogen-bond acceptors (Lipinski definition) is 2. The monoisotopic (exact) mass is 250 g/mol. The molecule has 0 heterocycles. The van der Waals surface area contributed by atoms with Crippen LogP contribution in [0.5, 0.6) is 0 Å². The van der Waals surface area contributed by atoms with Gasteiger partial charge >= 0.3 is 0 Å². The average Bonchev–Trinajstić information content (AvgIpc) is 2.39. The van der Waals surface area contributed by atoms with Crippen molar-refractivity contribution in [1.29, 1.82) is 0 Å². The summed E-state index contributed by atoms with van der Waals surface area (Å²) >= 11 is 0. The summed E-state index contributed by atoms with van der Waals surface area (Å²) in [6.07, 6.45) is 6.00. The molecule has 2 nitrogen and oxygen atoms in total. The highest BCUT2D eigenvalue weighted by atomic mass is 19.1. The van der Waals surface area contributed by atoms with Gasteiger partial charge in [0, 0.05) is 11.6 Å². The molecule has 0 amide bonds. The lowest BCUT2D eigenvalue weighted by molar-refractivity contribution is 0.0713. The Hall–Kier alpha value is -0.930. The van der Waals surface area contributed by atoms with Crippen LogP contribution in [0.1, 0.15) is 43.7 Å². The molecular formula is C15H23FN2. The molecule has 1 unspecified atom stereocenters. The fraction of sp³-hybridized carbons (Fsp3) is 0.600. The first-order chi connectivity index (χ1) is 8.56. The normalized spacial score (nSPS) is 20.9. The number of halogens is 1. The number of likely N-dealkylation sites (N-methyl/N-ethyl adjacent to an activating group) is 1. The highest BCUT2D eigenvalue weighted by molar-refractivity contribution is 5.24. The molecule has 1 aromatic rings. The van der Waals surface area contributed by atoms with E-state index in [2.05, 4.69) is 19.0 Å². The van der Waals surface area contributed by atoms with Gasteiger partial charge in [-0.3, -0.25) is 0 Å². The lowest BCUT2D eigenvalue weighted by atomic mass is 9.73. The molecule has 2 N–H and O–H groups in total. The first-order valence-electron chi connectivity index (χ1n) is 6.75.